The fraction of sp³-hybridized carbons (Fsp3) is 0.667. The van der Waals surface area contributed by atoms with E-state index in [0.717, 1.165) is 12.1 Å². The van der Waals surface area contributed by atoms with Crippen molar-refractivity contribution in [2.45, 2.75) is 45.5 Å². The van der Waals surface area contributed by atoms with E-state index >= 15 is 0 Å². The summed E-state index contributed by atoms with van der Waals surface area (Å²) in [5, 5.41) is 6.23. The molecule has 0 bridgehead atoms. The van der Waals surface area contributed by atoms with Gasteiger partial charge in [-0.25, -0.2) is 4.99 Å². The average molecular weight is 414 g/mol. The fourth-order valence-electron chi connectivity index (χ4n) is 3.39. The highest BCUT2D eigenvalue weighted by atomic mass is 19.4. The van der Waals surface area contributed by atoms with Crippen molar-refractivity contribution in [3.63, 3.8) is 0 Å². The van der Waals surface area contributed by atoms with Crippen LogP contribution in [0.4, 0.5) is 13.2 Å². The van der Waals surface area contributed by atoms with E-state index in [9.17, 15) is 13.2 Å². The van der Waals surface area contributed by atoms with Crippen molar-refractivity contribution in [3.8, 4) is 0 Å². The molecule has 1 aliphatic rings. The minimum Gasteiger partial charge on any atom is -0.357 e. The number of nitrogens with one attached hydrogen (secondary N) is 2. The molecule has 0 atom stereocenters. The molecule has 1 fully saturated rings. The van der Waals surface area contributed by atoms with Gasteiger partial charge in [0, 0.05) is 26.2 Å². The molecular weight excluding hydrogens is 379 g/mol. The van der Waals surface area contributed by atoms with Gasteiger partial charge in [-0.05, 0) is 51.0 Å². The molecule has 1 aromatic carbocycles. The smallest absolute Gasteiger partial charge is 0.357 e. The van der Waals surface area contributed by atoms with E-state index < -0.39 is 12.7 Å². The number of aliphatic imine (C=N–C) groups is 1. The topological polar surface area (TPSA) is 42.9 Å². The Bertz CT molecular complexity index is 610. The van der Waals surface area contributed by atoms with Gasteiger partial charge in [0.1, 0.15) is 0 Å². The summed E-state index contributed by atoms with van der Waals surface area (Å²) in [6.07, 6.45) is -0.250. The molecule has 0 aliphatic carbocycles. The Kier molecular flexibility index (Phi) is 9.73. The molecule has 2 rings (SSSR count). The maximum Gasteiger partial charge on any atom is 0.401 e. The first-order valence-electron chi connectivity index (χ1n) is 10.4. The number of likely N-dealkylation sites (tertiary alicyclic amines) is 1. The second kappa shape index (κ2) is 12.0. The number of piperidine rings is 1. The molecule has 8 heteroatoms. The Labute approximate surface area is 172 Å². The number of alkyl halides is 3. The lowest BCUT2D eigenvalue weighted by atomic mass is 10.1. The molecule has 29 heavy (non-hydrogen) atoms. The van der Waals surface area contributed by atoms with Crippen LogP contribution >= 0.6 is 0 Å². The van der Waals surface area contributed by atoms with E-state index in [4.69, 9.17) is 0 Å². The SMILES string of the molecule is CCNC(=NCc1ccc(CN2CCCCC2)cc1)NCCN(C)CC(F)(F)F. The van der Waals surface area contributed by atoms with Gasteiger partial charge in [-0.2, -0.15) is 13.2 Å². The van der Waals surface area contributed by atoms with Crippen LogP contribution in [0.25, 0.3) is 0 Å². The summed E-state index contributed by atoms with van der Waals surface area (Å²) < 4.78 is 37.1. The zero-order valence-corrected chi connectivity index (χ0v) is 17.6. The quantitative estimate of drug-likeness (QED) is 0.482. The van der Waals surface area contributed by atoms with Crippen molar-refractivity contribution in [1.82, 2.24) is 20.4 Å². The molecule has 1 aliphatic heterocycles. The third-order valence-electron chi connectivity index (χ3n) is 4.88. The molecule has 1 saturated heterocycles. The van der Waals surface area contributed by atoms with Gasteiger partial charge < -0.3 is 10.6 Å². The first kappa shape index (κ1) is 23.5. The zero-order chi connectivity index (χ0) is 21.1. The van der Waals surface area contributed by atoms with Crippen molar-refractivity contribution < 1.29 is 13.2 Å². The number of halogens is 3. The Morgan fingerprint density at radius 2 is 1.72 bits per heavy atom. The highest BCUT2D eigenvalue weighted by Crippen LogP contribution is 2.15. The summed E-state index contributed by atoms with van der Waals surface area (Å²) in [5.74, 6) is 0.616. The molecular formula is C21H34F3N5. The summed E-state index contributed by atoms with van der Waals surface area (Å²) in [7, 11) is 1.46. The molecule has 0 radical (unpaired) electrons. The van der Waals surface area contributed by atoms with Gasteiger partial charge in [0.25, 0.3) is 0 Å². The molecule has 2 N–H and O–H groups in total. The van der Waals surface area contributed by atoms with Crippen LogP contribution in [0.2, 0.25) is 0 Å². The van der Waals surface area contributed by atoms with Crippen molar-refractivity contribution in [2.24, 2.45) is 4.99 Å². The highest BCUT2D eigenvalue weighted by molar-refractivity contribution is 5.79. The van der Waals surface area contributed by atoms with Crippen LogP contribution in [-0.2, 0) is 13.1 Å². The van der Waals surface area contributed by atoms with Crippen LogP contribution in [0.1, 0.15) is 37.3 Å². The predicted molar refractivity (Wildman–Crippen MR) is 112 cm³/mol. The minimum atomic E-state index is -4.17. The van der Waals surface area contributed by atoms with Crippen LogP contribution < -0.4 is 10.6 Å². The first-order valence-corrected chi connectivity index (χ1v) is 10.4. The van der Waals surface area contributed by atoms with E-state index in [1.807, 2.05) is 6.92 Å². The van der Waals surface area contributed by atoms with Crippen molar-refractivity contribution in [1.29, 1.82) is 0 Å². The van der Waals surface area contributed by atoms with Gasteiger partial charge in [0.05, 0.1) is 13.1 Å². The number of guanidine groups is 1. The Hall–Kier alpha value is -1.80. The van der Waals surface area contributed by atoms with Crippen molar-refractivity contribution in [3.05, 3.63) is 35.4 Å². The van der Waals surface area contributed by atoms with Gasteiger partial charge in [-0.3, -0.25) is 9.80 Å². The predicted octanol–water partition coefficient (Wildman–Crippen LogP) is 3.22. The van der Waals surface area contributed by atoms with Crippen LogP contribution in [-0.4, -0.2) is 68.3 Å². The highest BCUT2D eigenvalue weighted by Gasteiger charge is 2.28. The number of hydrogen-bond acceptors (Lipinski definition) is 3. The summed E-state index contributed by atoms with van der Waals surface area (Å²) in [5.41, 5.74) is 2.43. The molecule has 0 aromatic heterocycles. The fourth-order valence-corrected chi connectivity index (χ4v) is 3.39. The lowest BCUT2D eigenvalue weighted by molar-refractivity contribution is -0.142. The number of rotatable bonds is 9. The van der Waals surface area contributed by atoms with E-state index in [-0.39, 0.29) is 6.54 Å². The number of benzene rings is 1. The third kappa shape index (κ3) is 9.99. The van der Waals surface area contributed by atoms with E-state index in [1.165, 1.54) is 49.9 Å². The lowest BCUT2D eigenvalue weighted by Gasteiger charge is -2.26. The van der Waals surface area contributed by atoms with Crippen LogP contribution in [0.5, 0.6) is 0 Å². The molecule has 0 spiro atoms. The second-order valence-corrected chi connectivity index (χ2v) is 7.63. The van der Waals surface area contributed by atoms with E-state index in [2.05, 4.69) is 44.8 Å². The molecule has 0 saturated carbocycles. The molecule has 1 aromatic rings. The molecule has 5 nitrogen and oxygen atoms in total. The van der Waals surface area contributed by atoms with Crippen LogP contribution in [0.3, 0.4) is 0 Å². The van der Waals surface area contributed by atoms with Gasteiger partial charge in [0.15, 0.2) is 5.96 Å². The number of nitrogens with zero attached hydrogens (tertiary/aromatic N) is 3. The van der Waals surface area contributed by atoms with Gasteiger partial charge in [-0.1, -0.05) is 30.7 Å². The van der Waals surface area contributed by atoms with Gasteiger partial charge in [0.2, 0.25) is 0 Å². The van der Waals surface area contributed by atoms with Crippen molar-refractivity contribution in [2.75, 3.05) is 46.3 Å². The number of hydrogen-bond donors (Lipinski definition) is 2. The molecule has 1 heterocycles. The first-order chi connectivity index (χ1) is 13.9. The Balaban J connectivity index is 1.79. The minimum absolute atomic E-state index is 0.287. The van der Waals surface area contributed by atoms with E-state index in [0.29, 0.717) is 25.6 Å². The lowest BCUT2D eigenvalue weighted by Crippen LogP contribution is -2.42. The van der Waals surface area contributed by atoms with Crippen LogP contribution in [0, 0.1) is 0 Å². The summed E-state index contributed by atoms with van der Waals surface area (Å²) in [6.45, 7) is 6.32. The van der Waals surface area contributed by atoms with E-state index in [1.54, 1.807) is 0 Å². The zero-order valence-electron chi connectivity index (χ0n) is 17.6. The average Bonchev–Trinajstić information content (AvgIpc) is 2.66. The normalized spacial score (nSPS) is 16.3. The van der Waals surface area contributed by atoms with Gasteiger partial charge >= 0.3 is 6.18 Å². The summed E-state index contributed by atoms with van der Waals surface area (Å²) in [6, 6.07) is 8.52. The van der Waals surface area contributed by atoms with Gasteiger partial charge in [-0.15, -0.1) is 0 Å². The standard InChI is InChI=1S/C21H34F3N5/c1-3-25-20(26-11-14-28(2)17-21(22,23)24)27-15-18-7-9-19(10-8-18)16-29-12-5-4-6-13-29/h7-10H,3-6,11-17H2,1-2H3,(H2,25,26,27). The van der Waals surface area contributed by atoms with Crippen molar-refractivity contribution >= 4 is 5.96 Å². The van der Waals surface area contributed by atoms with Crippen LogP contribution in [0.15, 0.2) is 29.3 Å². The monoisotopic (exact) mass is 413 g/mol. The molecule has 0 unspecified atom stereocenters. The second-order valence-electron chi connectivity index (χ2n) is 7.63. The molecule has 164 valence electrons. The maximum atomic E-state index is 12.4. The Morgan fingerprint density at radius 3 is 2.34 bits per heavy atom. The summed E-state index contributed by atoms with van der Waals surface area (Å²) >= 11 is 0. The number of likely N-dealkylation sites (N-methyl/N-ethyl adjacent to an activating group) is 1. The largest absolute Gasteiger partial charge is 0.401 e. The Morgan fingerprint density at radius 1 is 1.07 bits per heavy atom. The molecule has 0 amide bonds. The summed E-state index contributed by atoms with van der Waals surface area (Å²) in [4.78, 5) is 8.29. The maximum absolute atomic E-state index is 12.4. The third-order valence-corrected chi connectivity index (χ3v) is 4.88.